The van der Waals surface area contributed by atoms with Crippen LogP contribution in [0.25, 0.3) is 11.1 Å². The van der Waals surface area contributed by atoms with Gasteiger partial charge in [-0.2, -0.15) is 0 Å². The number of carbonyl (C=O) groups excluding carboxylic acids is 1. The summed E-state index contributed by atoms with van der Waals surface area (Å²) >= 11 is 0. The molecule has 0 saturated carbocycles. The van der Waals surface area contributed by atoms with Gasteiger partial charge >= 0.3 is 0 Å². The van der Waals surface area contributed by atoms with Gasteiger partial charge in [-0.3, -0.25) is 19.5 Å². The first-order valence-corrected chi connectivity index (χ1v) is 15.6. The highest BCUT2D eigenvalue weighted by molar-refractivity contribution is 6.07. The van der Waals surface area contributed by atoms with E-state index in [1.165, 1.54) is 39.9 Å². The second-order valence-electron chi connectivity index (χ2n) is 12.5. The lowest BCUT2D eigenvalue weighted by atomic mass is 9.96. The Kier molecular flexibility index (Phi) is 7.46. The van der Waals surface area contributed by atoms with Crippen molar-refractivity contribution in [2.24, 2.45) is 7.05 Å². The molecule has 9 heteroatoms. The van der Waals surface area contributed by atoms with Crippen LogP contribution in [0.5, 0.6) is 0 Å². The lowest BCUT2D eigenvalue weighted by Gasteiger charge is -2.31. The van der Waals surface area contributed by atoms with Gasteiger partial charge in [0.15, 0.2) is 0 Å². The molecule has 1 aliphatic carbocycles. The third kappa shape index (κ3) is 4.98. The highest BCUT2D eigenvalue weighted by Crippen LogP contribution is 2.36. The average molecular weight is 596 g/mol. The molecule has 7 rings (SSSR count). The van der Waals surface area contributed by atoms with E-state index in [0.29, 0.717) is 59.2 Å². The first-order valence-electron chi connectivity index (χ1n) is 15.6. The van der Waals surface area contributed by atoms with Gasteiger partial charge in [0, 0.05) is 67.5 Å². The number of likely N-dealkylation sites (tertiary alicyclic amines) is 1. The number of carbonyl (C=O) groups is 1. The summed E-state index contributed by atoms with van der Waals surface area (Å²) < 4.78 is 18.9. The van der Waals surface area contributed by atoms with Crippen molar-refractivity contribution >= 4 is 11.6 Å². The van der Waals surface area contributed by atoms with E-state index in [4.69, 9.17) is 0 Å². The van der Waals surface area contributed by atoms with Gasteiger partial charge in [-0.25, -0.2) is 4.39 Å². The zero-order chi connectivity index (χ0) is 30.5. The molecule has 3 aliphatic rings. The molecule has 228 valence electrons. The predicted octanol–water partition coefficient (Wildman–Crippen LogP) is 4.78. The molecular weight excluding hydrogens is 557 g/mol. The summed E-state index contributed by atoms with van der Waals surface area (Å²) in [5.41, 5.74) is 7.29. The second kappa shape index (κ2) is 11.4. The number of aliphatic hydroxyl groups excluding tert-OH is 1. The van der Waals surface area contributed by atoms with Crippen LogP contribution >= 0.6 is 0 Å². The van der Waals surface area contributed by atoms with Gasteiger partial charge in [0.1, 0.15) is 11.5 Å². The summed E-state index contributed by atoms with van der Waals surface area (Å²) in [6, 6.07) is 10.9. The minimum absolute atomic E-state index is 0.159. The fraction of sp³-hybridized carbons (Fsp3) is 0.400. The van der Waals surface area contributed by atoms with Crippen LogP contribution in [0.3, 0.4) is 0 Å². The van der Waals surface area contributed by atoms with E-state index in [0.717, 1.165) is 44.3 Å². The zero-order valence-corrected chi connectivity index (χ0v) is 25.4. The first-order chi connectivity index (χ1) is 21.3. The average Bonchev–Trinajstić information content (AvgIpc) is 3.63. The Morgan fingerprint density at radius 3 is 2.59 bits per heavy atom. The van der Waals surface area contributed by atoms with Gasteiger partial charge in [-0.05, 0) is 105 Å². The molecule has 0 spiro atoms. The maximum atomic E-state index is 15.3. The van der Waals surface area contributed by atoms with Crippen molar-refractivity contribution in [3.8, 4) is 11.1 Å². The van der Waals surface area contributed by atoms with Crippen LogP contribution in [-0.4, -0.2) is 50.2 Å². The maximum absolute atomic E-state index is 15.3. The highest BCUT2D eigenvalue weighted by Gasteiger charge is 2.32. The Bertz CT molecular complexity index is 1810. The van der Waals surface area contributed by atoms with E-state index in [1.54, 1.807) is 24.2 Å². The molecule has 2 aliphatic heterocycles. The monoisotopic (exact) mass is 595 g/mol. The number of halogens is 1. The van der Waals surface area contributed by atoms with Crippen LogP contribution in [-0.2, 0) is 39.5 Å². The SMILES string of the molecule is CN1CCC[C@@H]1c1ccc(Cc2cc(-c3cc(F)cc(N4CCn5c(cc6c5CCCC6)C4=O)c3CO)cn(C)c2=O)nc1. The molecule has 5 heterocycles. The molecule has 1 N–H and O–H groups in total. The second-order valence-corrected chi connectivity index (χ2v) is 12.5. The molecule has 1 aromatic carbocycles. The topological polar surface area (TPSA) is 83.6 Å². The van der Waals surface area contributed by atoms with Crippen LogP contribution in [0.4, 0.5) is 10.1 Å². The minimum atomic E-state index is -0.509. The molecule has 1 fully saturated rings. The van der Waals surface area contributed by atoms with Crippen molar-refractivity contribution in [2.75, 3.05) is 25.0 Å². The van der Waals surface area contributed by atoms with Crippen LogP contribution in [0.1, 0.15) is 75.9 Å². The van der Waals surface area contributed by atoms with Crippen molar-refractivity contribution in [3.05, 3.63) is 104 Å². The number of rotatable bonds is 6. The third-order valence-corrected chi connectivity index (χ3v) is 9.75. The van der Waals surface area contributed by atoms with Crippen molar-refractivity contribution in [2.45, 2.75) is 64.1 Å². The fourth-order valence-corrected chi connectivity index (χ4v) is 7.47. The lowest BCUT2D eigenvalue weighted by molar-refractivity contribution is 0.0964. The number of amides is 1. The van der Waals surface area contributed by atoms with Crippen molar-refractivity contribution in [1.29, 1.82) is 0 Å². The van der Waals surface area contributed by atoms with Crippen molar-refractivity contribution in [3.63, 3.8) is 0 Å². The summed E-state index contributed by atoms with van der Waals surface area (Å²) in [5.74, 6) is -0.693. The summed E-state index contributed by atoms with van der Waals surface area (Å²) in [4.78, 5) is 35.6. The van der Waals surface area contributed by atoms with Gasteiger partial charge in [0.2, 0.25) is 0 Å². The number of anilines is 1. The van der Waals surface area contributed by atoms with Crippen LogP contribution in [0, 0.1) is 5.82 Å². The van der Waals surface area contributed by atoms with Crippen LogP contribution in [0.15, 0.2) is 53.6 Å². The number of aliphatic hydroxyl groups is 1. The highest BCUT2D eigenvalue weighted by atomic mass is 19.1. The van der Waals surface area contributed by atoms with Crippen LogP contribution < -0.4 is 10.5 Å². The molecule has 8 nitrogen and oxygen atoms in total. The molecule has 1 atom stereocenters. The number of hydrogen-bond donors (Lipinski definition) is 1. The van der Waals surface area contributed by atoms with E-state index in [-0.39, 0.29) is 18.1 Å². The summed E-state index contributed by atoms with van der Waals surface area (Å²) in [6.45, 7) is 1.71. The van der Waals surface area contributed by atoms with Crippen molar-refractivity contribution in [1.82, 2.24) is 19.0 Å². The van der Waals surface area contributed by atoms with Gasteiger partial charge in [-0.1, -0.05) is 6.07 Å². The number of aromatic nitrogens is 3. The van der Waals surface area contributed by atoms with E-state index in [2.05, 4.69) is 27.6 Å². The molecule has 1 saturated heterocycles. The predicted molar refractivity (Wildman–Crippen MR) is 167 cm³/mol. The Morgan fingerprint density at radius 1 is 1.00 bits per heavy atom. The van der Waals surface area contributed by atoms with Crippen LogP contribution in [0.2, 0.25) is 0 Å². The molecule has 3 aromatic heterocycles. The number of aryl methyl sites for hydroxylation is 2. The Labute approximate surface area is 256 Å². The van der Waals surface area contributed by atoms with E-state index < -0.39 is 5.82 Å². The van der Waals surface area contributed by atoms with Gasteiger partial charge in [0.05, 0.1) is 12.3 Å². The standard InChI is InChI=1S/C35H38FN5O3/c1-38-11-5-8-30(38)23-9-10-27(37-19-23)15-24-14-25(20-39(2)34(24)43)28-17-26(36)18-32(29(28)21-42)41-13-12-40-31-7-4-3-6-22(31)16-33(40)35(41)44/h9-10,14,16-20,30,42H,3-8,11-13,15,21H2,1-2H3/t30-/m1/s1. The number of hydrogen-bond acceptors (Lipinski definition) is 5. The van der Waals surface area contributed by atoms with Gasteiger partial charge in [-0.15, -0.1) is 0 Å². The number of benzene rings is 1. The molecular formula is C35H38FN5O3. The minimum Gasteiger partial charge on any atom is -0.392 e. The number of nitrogens with zero attached hydrogens (tertiary/aromatic N) is 5. The third-order valence-electron chi connectivity index (χ3n) is 9.75. The maximum Gasteiger partial charge on any atom is 0.274 e. The Morgan fingerprint density at radius 2 is 1.84 bits per heavy atom. The van der Waals surface area contributed by atoms with Gasteiger partial charge < -0.3 is 19.1 Å². The Hall–Kier alpha value is -4.08. The summed E-state index contributed by atoms with van der Waals surface area (Å²) in [5, 5.41) is 10.6. The first kappa shape index (κ1) is 28.7. The fourth-order valence-electron chi connectivity index (χ4n) is 7.47. The molecule has 0 bridgehead atoms. The zero-order valence-electron chi connectivity index (χ0n) is 25.4. The molecule has 4 aromatic rings. The normalized spacial score (nSPS) is 18.5. The largest absolute Gasteiger partial charge is 0.392 e. The summed E-state index contributed by atoms with van der Waals surface area (Å²) in [7, 11) is 3.80. The number of pyridine rings is 2. The Balaban J connectivity index is 1.23. The van der Waals surface area contributed by atoms with Crippen molar-refractivity contribution < 1.29 is 14.3 Å². The molecule has 0 radical (unpaired) electrons. The summed E-state index contributed by atoms with van der Waals surface area (Å²) in [6.07, 6.45) is 10.4. The number of fused-ring (bicyclic) bond motifs is 3. The lowest BCUT2D eigenvalue weighted by Crippen LogP contribution is -2.41. The van der Waals surface area contributed by atoms with E-state index in [9.17, 15) is 14.7 Å². The van der Waals surface area contributed by atoms with E-state index >= 15 is 4.39 Å². The molecule has 1 amide bonds. The van der Waals surface area contributed by atoms with E-state index in [1.807, 2.05) is 18.3 Å². The smallest absolute Gasteiger partial charge is 0.274 e. The molecule has 0 unspecified atom stereocenters. The molecule has 44 heavy (non-hydrogen) atoms. The van der Waals surface area contributed by atoms with Gasteiger partial charge in [0.25, 0.3) is 11.5 Å². The quantitative estimate of drug-likeness (QED) is 0.347.